The largest absolute Gasteiger partial charge is 0.493 e. The van der Waals surface area contributed by atoms with Gasteiger partial charge in [-0.3, -0.25) is 4.79 Å². The van der Waals surface area contributed by atoms with Gasteiger partial charge < -0.3 is 25.0 Å². The summed E-state index contributed by atoms with van der Waals surface area (Å²) in [6.07, 6.45) is 1.56. The highest BCUT2D eigenvalue weighted by Crippen LogP contribution is 2.38. The Hall–Kier alpha value is -3.22. The van der Waals surface area contributed by atoms with Crippen molar-refractivity contribution in [1.29, 1.82) is 0 Å². The van der Waals surface area contributed by atoms with E-state index in [2.05, 4.69) is 10.6 Å². The summed E-state index contributed by atoms with van der Waals surface area (Å²) in [5.41, 5.74) is 3.59. The fraction of sp³-hybridized carbons (Fsp3) is 0.417. The molecule has 0 aromatic heterocycles. The lowest BCUT2D eigenvalue weighted by atomic mass is 9.91. The van der Waals surface area contributed by atoms with Gasteiger partial charge in [-0.25, -0.2) is 4.79 Å². The quantitative estimate of drug-likeness (QED) is 0.712. The number of benzene rings is 2. The molecule has 31 heavy (non-hydrogen) atoms. The summed E-state index contributed by atoms with van der Waals surface area (Å²) < 4.78 is 10.9. The van der Waals surface area contributed by atoms with Crippen LogP contribution in [0.25, 0.3) is 0 Å². The highest BCUT2D eigenvalue weighted by Gasteiger charge is 2.32. The van der Waals surface area contributed by atoms with Crippen molar-refractivity contribution in [3.63, 3.8) is 0 Å². The Morgan fingerprint density at radius 3 is 2.48 bits per heavy atom. The van der Waals surface area contributed by atoms with E-state index in [1.807, 2.05) is 44.2 Å². The van der Waals surface area contributed by atoms with Crippen LogP contribution in [0, 0.1) is 6.92 Å². The maximum Gasteiger partial charge on any atom is 0.317 e. The van der Waals surface area contributed by atoms with Crippen molar-refractivity contribution in [3.05, 3.63) is 58.7 Å². The Labute approximate surface area is 183 Å². The summed E-state index contributed by atoms with van der Waals surface area (Å²) in [6, 6.07) is 10.9. The fourth-order valence-corrected chi connectivity index (χ4v) is 3.94. The number of nitrogens with one attached hydrogen (secondary N) is 2. The van der Waals surface area contributed by atoms with Gasteiger partial charge in [0.1, 0.15) is 0 Å². The summed E-state index contributed by atoms with van der Waals surface area (Å²) >= 11 is 0. The first-order chi connectivity index (χ1) is 15.0. The molecule has 1 aliphatic heterocycles. The van der Waals surface area contributed by atoms with Crippen molar-refractivity contribution in [2.45, 2.75) is 32.7 Å². The third-order valence-electron chi connectivity index (χ3n) is 5.64. The smallest absolute Gasteiger partial charge is 0.317 e. The van der Waals surface area contributed by atoms with Gasteiger partial charge in [0, 0.05) is 25.2 Å². The summed E-state index contributed by atoms with van der Waals surface area (Å²) in [5.74, 6) is 1.11. The van der Waals surface area contributed by atoms with Crippen LogP contribution < -0.4 is 20.1 Å². The standard InChI is InChI=1S/C24H31N3O4/c1-5-11-25-24(29)27-12-10-17-13-21(30-3)22(31-4)14-19(17)20(27)15-26-23(28)18-9-7-6-8-16(18)2/h6-9,13-14,20H,5,10-12,15H2,1-4H3,(H,25,29)(H,26,28). The van der Waals surface area contributed by atoms with Crippen molar-refractivity contribution >= 4 is 11.9 Å². The van der Waals surface area contributed by atoms with E-state index in [4.69, 9.17) is 9.47 Å². The number of methoxy groups -OCH3 is 2. The number of carbonyl (C=O) groups is 2. The average molecular weight is 426 g/mol. The van der Waals surface area contributed by atoms with Crippen LogP contribution in [0.5, 0.6) is 11.5 Å². The van der Waals surface area contributed by atoms with Gasteiger partial charge in [-0.15, -0.1) is 0 Å². The van der Waals surface area contributed by atoms with E-state index in [9.17, 15) is 9.59 Å². The minimum Gasteiger partial charge on any atom is -0.493 e. The van der Waals surface area contributed by atoms with Crippen LogP contribution in [-0.4, -0.2) is 50.7 Å². The van der Waals surface area contributed by atoms with Gasteiger partial charge in [-0.05, 0) is 54.7 Å². The number of fused-ring (bicyclic) bond motifs is 1. The molecule has 3 rings (SSSR count). The number of urea groups is 1. The van der Waals surface area contributed by atoms with Crippen LogP contribution in [0.1, 0.15) is 46.4 Å². The van der Waals surface area contributed by atoms with Gasteiger partial charge >= 0.3 is 6.03 Å². The van der Waals surface area contributed by atoms with Gasteiger partial charge in [0.15, 0.2) is 11.5 Å². The van der Waals surface area contributed by atoms with Gasteiger partial charge in [0.05, 0.1) is 20.3 Å². The minimum atomic E-state index is -0.312. The number of carbonyl (C=O) groups excluding carboxylic acids is 2. The van der Waals surface area contributed by atoms with E-state index in [1.165, 1.54) is 0 Å². The minimum absolute atomic E-state index is 0.127. The van der Waals surface area contributed by atoms with Crippen LogP contribution in [0.2, 0.25) is 0 Å². The number of nitrogens with zero attached hydrogens (tertiary/aromatic N) is 1. The molecule has 7 heteroatoms. The lowest BCUT2D eigenvalue weighted by molar-refractivity contribution is 0.0933. The van der Waals surface area contributed by atoms with E-state index in [0.717, 1.165) is 23.1 Å². The molecule has 0 radical (unpaired) electrons. The zero-order valence-electron chi connectivity index (χ0n) is 18.7. The second-order valence-electron chi connectivity index (χ2n) is 7.62. The number of amides is 3. The molecule has 0 bridgehead atoms. The maximum atomic E-state index is 12.9. The zero-order chi connectivity index (χ0) is 22.4. The maximum absolute atomic E-state index is 12.9. The second-order valence-corrected chi connectivity index (χ2v) is 7.62. The molecule has 2 aromatic carbocycles. The molecular formula is C24H31N3O4. The molecule has 1 heterocycles. The Kier molecular flexibility index (Phi) is 7.39. The van der Waals surface area contributed by atoms with Gasteiger partial charge in [-0.1, -0.05) is 25.1 Å². The molecule has 0 saturated carbocycles. The van der Waals surface area contributed by atoms with Crippen LogP contribution in [0.4, 0.5) is 4.79 Å². The first-order valence-corrected chi connectivity index (χ1v) is 10.6. The van der Waals surface area contributed by atoms with Crippen molar-refractivity contribution < 1.29 is 19.1 Å². The van der Waals surface area contributed by atoms with E-state index < -0.39 is 0 Å². The molecule has 3 amide bonds. The van der Waals surface area contributed by atoms with Crippen LogP contribution in [0.3, 0.4) is 0 Å². The van der Waals surface area contributed by atoms with E-state index in [-0.39, 0.29) is 18.0 Å². The zero-order valence-corrected chi connectivity index (χ0v) is 18.7. The summed E-state index contributed by atoms with van der Waals surface area (Å²) in [4.78, 5) is 27.5. The van der Waals surface area contributed by atoms with Crippen molar-refractivity contribution in [2.75, 3.05) is 33.9 Å². The predicted octanol–water partition coefficient (Wildman–Crippen LogP) is 3.46. The Morgan fingerprint density at radius 2 is 1.81 bits per heavy atom. The van der Waals surface area contributed by atoms with E-state index in [0.29, 0.717) is 43.1 Å². The molecule has 166 valence electrons. The predicted molar refractivity (Wildman–Crippen MR) is 120 cm³/mol. The molecule has 1 aliphatic rings. The van der Waals surface area contributed by atoms with Gasteiger partial charge in [0.2, 0.25) is 0 Å². The first-order valence-electron chi connectivity index (χ1n) is 10.6. The molecule has 0 saturated heterocycles. The normalized spacial score (nSPS) is 15.1. The third kappa shape index (κ3) is 4.93. The summed E-state index contributed by atoms with van der Waals surface area (Å²) in [6.45, 7) is 5.39. The topological polar surface area (TPSA) is 79.9 Å². The number of rotatable bonds is 7. The Morgan fingerprint density at radius 1 is 1.10 bits per heavy atom. The van der Waals surface area contributed by atoms with Crippen LogP contribution in [-0.2, 0) is 6.42 Å². The molecule has 2 aromatic rings. The fourth-order valence-electron chi connectivity index (χ4n) is 3.94. The van der Waals surface area contributed by atoms with Crippen molar-refractivity contribution in [1.82, 2.24) is 15.5 Å². The number of hydrogen-bond donors (Lipinski definition) is 2. The first kappa shape index (κ1) is 22.5. The molecule has 0 fully saturated rings. The Balaban J connectivity index is 1.90. The lowest BCUT2D eigenvalue weighted by Gasteiger charge is -2.38. The third-order valence-corrected chi connectivity index (χ3v) is 5.64. The lowest BCUT2D eigenvalue weighted by Crippen LogP contribution is -2.49. The highest BCUT2D eigenvalue weighted by atomic mass is 16.5. The monoisotopic (exact) mass is 425 g/mol. The summed E-state index contributed by atoms with van der Waals surface area (Å²) in [5, 5.41) is 5.99. The highest BCUT2D eigenvalue weighted by molar-refractivity contribution is 5.95. The molecule has 0 aliphatic carbocycles. The second kappa shape index (κ2) is 10.2. The van der Waals surface area contributed by atoms with Crippen LogP contribution >= 0.6 is 0 Å². The number of ether oxygens (including phenoxy) is 2. The molecule has 1 unspecified atom stereocenters. The molecule has 0 spiro atoms. The van der Waals surface area contributed by atoms with E-state index in [1.54, 1.807) is 25.2 Å². The van der Waals surface area contributed by atoms with Crippen molar-refractivity contribution in [2.24, 2.45) is 0 Å². The van der Waals surface area contributed by atoms with Gasteiger partial charge in [-0.2, -0.15) is 0 Å². The van der Waals surface area contributed by atoms with Gasteiger partial charge in [0.25, 0.3) is 5.91 Å². The SMILES string of the molecule is CCCNC(=O)N1CCc2cc(OC)c(OC)cc2C1CNC(=O)c1ccccc1C. The van der Waals surface area contributed by atoms with Crippen LogP contribution in [0.15, 0.2) is 36.4 Å². The van der Waals surface area contributed by atoms with E-state index >= 15 is 0 Å². The average Bonchev–Trinajstić information content (AvgIpc) is 2.79. The molecule has 7 nitrogen and oxygen atoms in total. The molecular weight excluding hydrogens is 394 g/mol. The summed E-state index contributed by atoms with van der Waals surface area (Å²) in [7, 11) is 3.20. The number of hydrogen-bond acceptors (Lipinski definition) is 4. The molecule has 1 atom stereocenters. The Bertz CT molecular complexity index is 944. The van der Waals surface area contributed by atoms with Crippen molar-refractivity contribution in [3.8, 4) is 11.5 Å². The molecule has 2 N–H and O–H groups in total. The number of aryl methyl sites for hydroxylation is 1.